The van der Waals surface area contributed by atoms with E-state index in [2.05, 4.69) is 15.9 Å². The van der Waals surface area contributed by atoms with Gasteiger partial charge in [0.25, 0.3) is 11.7 Å². The number of hydrogen-bond acceptors (Lipinski definition) is 4. The molecule has 0 radical (unpaired) electrons. The highest BCUT2D eigenvalue weighted by Gasteiger charge is 2.46. The van der Waals surface area contributed by atoms with Crippen LogP contribution in [0.3, 0.4) is 0 Å². The quantitative estimate of drug-likeness (QED) is 0.294. The Bertz CT molecular complexity index is 1280. The number of carbonyl (C=O) groups is 2. The van der Waals surface area contributed by atoms with Gasteiger partial charge in [-0.2, -0.15) is 0 Å². The normalized spacial score (nSPS) is 21.2. The van der Waals surface area contributed by atoms with E-state index >= 15 is 0 Å². The van der Waals surface area contributed by atoms with E-state index in [9.17, 15) is 14.7 Å². The fraction of sp³-hybridized carbons (Fsp3) is 0.185. The minimum atomic E-state index is -0.703. The molecule has 0 aliphatic carbocycles. The topological polar surface area (TPSA) is 66.8 Å². The molecular formula is C27H22BrNO4. The molecule has 1 N–H and O–H groups in total. The van der Waals surface area contributed by atoms with E-state index in [4.69, 9.17) is 4.74 Å². The molecule has 1 saturated heterocycles. The summed E-state index contributed by atoms with van der Waals surface area (Å²) >= 11 is 3.49. The number of nitrogens with zero attached hydrogens (tertiary/aromatic N) is 1. The van der Waals surface area contributed by atoms with E-state index < -0.39 is 17.7 Å². The molecule has 5 nitrogen and oxygen atoms in total. The maximum absolute atomic E-state index is 13.2. The summed E-state index contributed by atoms with van der Waals surface area (Å²) in [6, 6.07) is 21.7. The largest absolute Gasteiger partial charge is 0.507 e. The third kappa shape index (κ3) is 3.95. The molecule has 0 aromatic heterocycles. The van der Waals surface area contributed by atoms with Crippen LogP contribution in [0.5, 0.6) is 5.75 Å². The van der Waals surface area contributed by atoms with Crippen LogP contribution in [0.25, 0.3) is 5.76 Å². The van der Waals surface area contributed by atoms with Crippen LogP contribution in [0.15, 0.2) is 82.8 Å². The summed E-state index contributed by atoms with van der Waals surface area (Å²) in [4.78, 5) is 27.9. The molecule has 2 aliphatic rings. The van der Waals surface area contributed by atoms with Crippen molar-refractivity contribution >= 4 is 33.4 Å². The van der Waals surface area contributed by atoms with Crippen LogP contribution in [0.1, 0.15) is 35.2 Å². The van der Waals surface area contributed by atoms with Crippen LogP contribution in [-0.4, -0.2) is 27.8 Å². The Hall–Kier alpha value is -3.38. The van der Waals surface area contributed by atoms with E-state index in [0.717, 1.165) is 33.3 Å². The number of ketones is 1. The summed E-state index contributed by atoms with van der Waals surface area (Å²) in [5.41, 5.74) is 3.23. The van der Waals surface area contributed by atoms with E-state index in [1.54, 1.807) is 6.07 Å². The number of ether oxygens (including phenoxy) is 1. The first-order valence-corrected chi connectivity index (χ1v) is 11.6. The van der Waals surface area contributed by atoms with Crippen LogP contribution < -0.4 is 4.74 Å². The van der Waals surface area contributed by atoms with Crippen LogP contribution in [-0.2, 0) is 22.6 Å². The number of aliphatic hydroxyl groups is 1. The Balaban J connectivity index is 1.64. The van der Waals surface area contributed by atoms with Crippen molar-refractivity contribution in [3.8, 4) is 5.75 Å². The number of halogens is 1. The zero-order chi connectivity index (χ0) is 23.1. The summed E-state index contributed by atoms with van der Waals surface area (Å²) in [7, 11) is 0. The highest BCUT2D eigenvalue weighted by molar-refractivity contribution is 9.10. The second kappa shape index (κ2) is 8.52. The molecule has 0 unspecified atom stereocenters. The fourth-order valence-corrected chi connectivity index (χ4v) is 4.99. The van der Waals surface area contributed by atoms with Crippen LogP contribution in [0.4, 0.5) is 0 Å². The molecule has 5 rings (SSSR count). The molecule has 2 aliphatic heterocycles. The Morgan fingerprint density at radius 3 is 2.61 bits per heavy atom. The number of rotatable bonds is 4. The number of Topliss-reactive ketones (excluding diaryl/α,β-unsaturated/α-hetero) is 1. The second-order valence-electron chi connectivity index (χ2n) is 8.42. The highest BCUT2D eigenvalue weighted by atomic mass is 79.9. The van der Waals surface area contributed by atoms with Crippen LogP contribution in [0, 0.1) is 0 Å². The van der Waals surface area contributed by atoms with Crippen molar-refractivity contribution in [3.63, 3.8) is 0 Å². The maximum Gasteiger partial charge on any atom is 0.295 e. The van der Waals surface area contributed by atoms with Gasteiger partial charge in [0, 0.05) is 23.0 Å². The predicted octanol–water partition coefficient (Wildman–Crippen LogP) is 5.39. The zero-order valence-electron chi connectivity index (χ0n) is 18.0. The molecule has 3 aromatic carbocycles. The van der Waals surface area contributed by atoms with Crippen molar-refractivity contribution in [2.45, 2.75) is 32.0 Å². The molecule has 1 fully saturated rings. The molecule has 0 spiro atoms. The molecule has 2 heterocycles. The smallest absolute Gasteiger partial charge is 0.295 e. The first kappa shape index (κ1) is 21.5. The SMILES string of the molecule is C[C@@H]1Cc2cc(C(O)=C3C(=O)C(=O)N(Cc4ccccc4)[C@@H]3c3cccc(Br)c3)ccc2O1. The summed E-state index contributed by atoms with van der Waals surface area (Å²) < 4.78 is 6.59. The van der Waals surface area contributed by atoms with Crippen molar-refractivity contribution in [1.29, 1.82) is 0 Å². The van der Waals surface area contributed by atoms with Gasteiger partial charge in [-0.05, 0) is 53.9 Å². The van der Waals surface area contributed by atoms with E-state index in [1.807, 2.05) is 73.7 Å². The average Bonchev–Trinajstić information content (AvgIpc) is 3.30. The lowest BCUT2D eigenvalue weighted by Gasteiger charge is -2.25. The minimum Gasteiger partial charge on any atom is -0.507 e. The summed E-state index contributed by atoms with van der Waals surface area (Å²) in [5.74, 6) is -0.689. The summed E-state index contributed by atoms with van der Waals surface area (Å²) in [6.07, 6.45) is 0.795. The van der Waals surface area contributed by atoms with Crippen molar-refractivity contribution in [3.05, 3.63) is 105 Å². The van der Waals surface area contributed by atoms with Gasteiger partial charge in [-0.1, -0.05) is 58.4 Å². The Morgan fingerprint density at radius 1 is 1.06 bits per heavy atom. The van der Waals surface area contributed by atoms with Crippen LogP contribution >= 0.6 is 15.9 Å². The Morgan fingerprint density at radius 2 is 1.85 bits per heavy atom. The maximum atomic E-state index is 13.2. The standard InChI is InChI=1S/C27H22BrNO4/c1-16-12-20-13-19(10-11-22(20)33-16)25(30)23-24(18-8-5-9-21(28)14-18)29(27(32)26(23)31)15-17-6-3-2-4-7-17/h2-11,13-14,16,24,30H,12,15H2,1H3/t16-,24-/m1/s1. The number of aliphatic hydroxyl groups excluding tert-OH is 1. The van der Waals surface area contributed by atoms with Crippen molar-refractivity contribution in [1.82, 2.24) is 4.90 Å². The lowest BCUT2D eigenvalue weighted by Crippen LogP contribution is -2.29. The van der Waals surface area contributed by atoms with Gasteiger partial charge >= 0.3 is 0 Å². The monoisotopic (exact) mass is 503 g/mol. The van der Waals surface area contributed by atoms with Gasteiger partial charge < -0.3 is 14.7 Å². The lowest BCUT2D eigenvalue weighted by molar-refractivity contribution is -0.140. The van der Waals surface area contributed by atoms with Gasteiger partial charge in [0.2, 0.25) is 0 Å². The van der Waals surface area contributed by atoms with Gasteiger partial charge in [0.1, 0.15) is 17.6 Å². The molecule has 0 saturated carbocycles. The number of benzene rings is 3. The van der Waals surface area contributed by atoms with E-state index in [-0.39, 0.29) is 24.0 Å². The fourth-order valence-electron chi connectivity index (χ4n) is 4.57. The number of carbonyl (C=O) groups excluding carboxylic acids is 2. The zero-order valence-corrected chi connectivity index (χ0v) is 19.6. The minimum absolute atomic E-state index is 0.0653. The number of hydrogen-bond donors (Lipinski definition) is 1. The second-order valence-corrected chi connectivity index (χ2v) is 9.34. The van der Waals surface area contributed by atoms with E-state index in [1.165, 1.54) is 4.90 Å². The lowest BCUT2D eigenvalue weighted by atomic mass is 9.94. The van der Waals surface area contributed by atoms with Crippen molar-refractivity contribution in [2.24, 2.45) is 0 Å². The number of fused-ring (bicyclic) bond motifs is 1. The summed E-state index contributed by atoms with van der Waals surface area (Å²) in [5, 5.41) is 11.3. The number of amides is 1. The first-order valence-electron chi connectivity index (χ1n) is 10.8. The predicted molar refractivity (Wildman–Crippen MR) is 129 cm³/mol. The van der Waals surface area contributed by atoms with Gasteiger partial charge in [0.05, 0.1) is 11.6 Å². The van der Waals surface area contributed by atoms with E-state index in [0.29, 0.717) is 5.56 Å². The molecular weight excluding hydrogens is 482 g/mol. The molecule has 1 amide bonds. The molecule has 6 heteroatoms. The average molecular weight is 504 g/mol. The molecule has 3 aromatic rings. The van der Waals surface area contributed by atoms with Crippen molar-refractivity contribution in [2.75, 3.05) is 0 Å². The summed E-state index contributed by atoms with van der Waals surface area (Å²) in [6.45, 7) is 2.25. The van der Waals surface area contributed by atoms with Gasteiger partial charge in [0.15, 0.2) is 0 Å². The molecule has 33 heavy (non-hydrogen) atoms. The Labute approximate surface area is 200 Å². The number of likely N-dealkylation sites (tertiary alicyclic amines) is 1. The van der Waals surface area contributed by atoms with Gasteiger partial charge in [-0.25, -0.2) is 0 Å². The molecule has 166 valence electrons. The first-order chi connectivity index (χ1) is 15.9. The van der Waals surface area contributed by atoms with Gasteiger partial charge in [-0.3, -0.25) is 9.59 Å². The van der Waals surface area contributed by atoms with Crippen molar-refractivity contribution < 1.29 is 19.4 Å². The van der Waals surface area contributed by atoms with Crippen LogP contribution in [0.2, 0.25) is 0 Å². The third-order valence-electron chi connectivity index (χ3n) is 6.07. The highest BCUT2D eigenvalue weighted by Crippen LogP contribution is 2.41. The van der Waals surface area contributed by atoms with Gasteiger partial charge in [-0.15, -0.1) is 0 Å². The molecule has 0 bridgehead atoms. The molecule has 2 atom stereocenters. The third-order valence-corrected chi connectivity index (χ3v) is 6.56. The Kier molecular flexibility index (Phi) is 5.54.